The molecule has 0 saturated carbocycles. The van der Waals surface area contributed by atoms with E-state index in [4.69, 9.17) is 23.2 Å². The molecular weight excluding hydrogens is 393 g/mol. The van der Waals surface area contributed by atoms with Gasteiger partial charge in [0.25, 0.3) is 5.56 Å². The summed E-state index contributed by atoms with van der Waals surface area (Å²) in [6, 6.07) is 5.20. The number of carbonyl (C=O) groups is 1. The van der Waals surface area contributed by atoms with Gasteiger partial charge >= 0.3 is 5.69 Å². The second-order valence-corrected chi connectivity index (χ2v) is 6.93. The number of halogens is 2. The molecule has 10 heteroatoms. The highest BCUT2D eigenvalue weighted by molar-refractivity contribution is 6.35. The number of fused-ring (bicyclic) bond motifs is 1. The van der Waals surface area contributed by atoms with Crippen LogP contribution < -0.4 is 16.6 Å². The van der Waals surface area contributed by atoms with Gasteiger partial charge in [0.15, 0.2) is 11.2 Å². The summed E-state index contributed by atoms with van der Waals surface area (Å²) in [6.07, 6.45) is 1.92. The number of imidazole rings is 1. The van der Waals surface area contributed by atoms with Crippen LogP contribution in [0.4, 0.5) is 0 Å². The minimum absolute atomic E-state index is 0.0850. The Bertz CT molecular complexity index is 1150. The molecule has 3 rings (SSSR count). The highest BCUT2D eigenvalue weighted by Crippen LogP contribution is 2.21. The van der Waals surface area contributed by atoms with Gasteiger partial charge in [-0.1, -0.05) is 29.3 Å². The van der Waals surface area contributed by atoms with Gasteiger partial charge in [0.2, 0.25) is 5.91 Å². The van der Waals surface area contributed by atoms with Crippen LogP contribution in [0, 0.1) is 0 Å². The lowest BCUT2D eigenvalue weighted by Crippen LogP contribution is -2.38. The summed E-state index contributed by atoms with van der Waals surface area (Å²) in [6.45, 7) is 0.293. The van der Waals surface area contributed by atoms with E-state index in [0.29, 0.717) is 23.0 Å². The number of nitrogens with zero attached hydrogens (tertiary/aromatic N) is 4. The quantitative estimate of drug-likeness (QED) is 0.682. The van der Waals surface area contributed by atoms with Gasteiger partial charge in [-0.2, -0.15) is 0 Å². The molecule has 1 N–H and O–H groups in total. The molecule has 0 bridgehead atoms. The van der Waals surface area contributed by atoms with Crippen molar-refractivity contribution in [3.05, 3.63) is 61.0 Å². The standard InChI is InChI=1S/C17H17Cl2N5O3/c1-22-15-14(16(26)23(2)17(22)27)24(9-21-15)8-13(25)20-6-5-10-3-4-11(18)7-12(10)19/h3-4,7,9H,5-6,8H2,1-2H3,(H,20,25). The van der Waals surface area contributed by atoms with E-state index < -0.39 is 11.2 Å². The third kappa shape index (κ3) is 3.77. The average Bonchev–Trinajstić information content (AvgIpc) is 3.03. The third-order valence-electron chi connectivity index (χ3n) is 4.26. The summed E-state index contributed by atoms with van der Waals surface area (Å²) < 4.78 is 3.69. The van der Waals surface area contributed by atoms with Gasteiger partial charge in [-0.3, -0.25) is 18.7 Å². The van der Waals surface area contributed by atoms with E-state index in [-0.39, 0.29) is 23.6 Å². The first kappa shape index (κ1) is 19.2. The van der Waals surface area contributed by atoms with E-state index in [1.54, 1.807) is 12.1 Å². The van der Waals surface area contributed by atoms with Gasteiger partial charge in [0.05, 0.1) is 6.33 Å². The Hall–Kier alpha value is -2.58. The predicted octanol–water partition coefficient (Wildman–Crippen LogP) is 1.10. The monoisotopic (exact) mass is 409 g/mol. The van der Waals surface area contributed by atoms with Crippen LogP contribution in [0.5, 0.6) is 0 Å². The zero-order chi connectivity index (χ0) is 19.7. The molecule has 27 heavy (non-hydrogen) atoms. The fraction of sp³-hybridized carbons (Fsp3) is 0.294. The summed E-state index contributed by atoms with van der Waals surface area (Å²) in [5.41, 5.74) is 0.353. The Morgan fingerprint density at radius 3 is 2.63 bits per heavy atom. The van der Waals surface area contributed by atoms with Gasteiger partial charge < -0.3 is 9.88 Å². The second kappa shape index (κ2) is 7.58. The first-order valence-corrected chi connectivity index (χ1v) is 8.86. The van der Waals surface area contributed by atoms with Crippen LogP contribution in [-0.4, -0.2) is 31.1 Å². The summed E-state index contributed by atoms with van der Waals surface area (Å²) in [5.74, 6) is -0.282. The van der Waals surface area contributed by atoms with E-state index >= 15 is 0 Å². The average molecular weight is 410 g/mol. The highest BCUT2D eigenvalue weighted by Gasteiger charge is 2.15. The van der Waals surface area contributed by atoms with Crippen LogP contribution in [0.1, 0.15) is 5.56 Å². The number of hydrogen-bond donors (Lipinski definition) is 1. The van der Waals surface area contributed by atoms with Crippen LogP contribution in [0.3, 0.4) is 0 Å². The molecule has 2 heterocycles. The van der Waals surface area contributed by atoms with E-state index in [1.165, 1.54) is 29.6 Å². The van der Waals surface area contributed by atoms with Crippen LogP contribution >= 0.6 is 23.2 Å². The maximum Gasteiger partial charge on any atom is 0.332 e. The minimum Gasteiger partial charge on any atom is -0.354 e. The molecule has 8 nitrogen and oxygen atoms in total. The van der Waals surface area contributed by atoms with E-state index in [2.05, 4.69) is 10.3 Å². The van der Waals surface area contributed by atoms with Crippen LogP contribution in [0.2, 0.25) is 10.0 Å². The Balaban J connectivity index is 1.71. The van der Waals surface area contributed by atoms with Crippen molar-refractivity contribution < 1.29 is 4.79 Å². The van der Waals surface area contributed by atoms with Gasteiger partial charge in [-0.15, -0.1) is 0 Å². The molecule has 1 aromatic carbocycles. The number of amides is 1. The molecule has 2 aromatic heterocycles. The molecule has 0 unspecified atom stereocenters. The molecule has 0 spiro atoms. The number of hydrogen-bond acceptors (Lipinski definition) is 4. The summed E-state index contributed by atoms with van der Waals surface area (Å²) in [7, 11) is 2.91. The van der Waals surface area contributed by atoms with E-state index in [9.17, 15) is 14.4 Å². The second-order valence-electron chi connectivity index (χ2n) is 6.09. The van der Waals surface area contributed by atoms with Gasteiger partial charge in [0, 0.05) is 30.7 Å². The molecule has 0 aliphatic rings. The normalized spacial score (nSPS) is 11.1. The summed E-state index contributed by atoms with van der Waals surface area (Å²) >= 11 is 12.0. The maximum atomic E-state index is 12.4. The lowest BCUT2D eigenvalue weighted by Gasteiger charge is -2.09. The molecule has 3 aromatic rings. The van der Waals surface area contributed by atoms with Crippen LogP contribution in [-0.2, 0) is 31.9 Å². The van der Waals surface area contributed by atoms with Crippen molar-refractivity contribution in [3.63, 3.8) is 0 Å². The maximum absolute atomic E-state index is 12.4. The van der Waals surface area contributed by atoms with Crippen molar-refractivity contribution in [2.45, 2.75) is 13.0 Å². The Morgan fingerprint density at radius 1 is 1.19 bits per heavy atom. The number of nitrogens with one attached hydrogen (secondary N) is 1. The van der Waals surface area contributed by atoms with Gasteiger partial charge in [-0.05, 0) is 24.1 Å². The fourth-order valence-corrected chi connectivity index (χ4v) is 3.29. The number of aromatic nitrogens is 4. The van der Waals surface area contributed by atoms with Crippen LogP contribution in [0.25, 0.3) is 11.2 Å². The molecule has 0 saturated heterocycles. The van der Waals surface area contributed by atoms with Crippen LogP contribution in [0.15, 0.2) is 34.1 Å². The number of rotatable bonds is 5. The molecule has 0 aliphatic heterocycles. The Kier molecular flexibility index (Phi) is 5.38. The molecule has 142 valence electrons. The smallest absolute Gasteiger partial charge is 0.332 e. The van der Waals surface area contributed by atoms with Crippen molar-refractivity contribution in [1.29, 1.82) is 0 Å². The minimum atomic E-state index is -0.494. The summed E-state index contributed by atoms with van der Waals surface area (Å²) in [4.78, 5) is 40.6. The number of carbonyl (C=O) groups excluding carboxylic acids is 1. The Morgan fingerprint density at radius 2 is 1.93 bits per heavy atom. The molecule has 0 radical (unpaired) electrons. The van der Waals surface area contributed by atoms with Crippen molar-refractivity contribution >= 4 is 40.3 Å². The zero-order valence-electron chi connectivity index (χ0n) is 14.7. The molecule has 1 amide bonds. The molecular formula is C17H17Cl2N5O3. The Labute approximate surface area is 163 Å². The first-order chi connectivity index (χ1) is 12.8. The lowest BCUT2D eigenvalue weighted by molar-refractivity contribution is -0.121. The highest BCUT2D eigenvalue weighted by atomic mass is 35.5. The number of benzene rings is 1. The summed E-state index contributed by atoms with van der Waals surface area (Å²) in [5, 5.41) is 3.87. The molecule has 0 aliphatic carbocycles. The largest absolute Gasteiger partial charge is 0.354 e. The van der Waals surface area contributed by atoms with Crippen molar-refractivity contribution in [2.24, 2.45) is 14.1 Å². The van der Waals surface area contributed by atoms with Gasteiger partial charge in [-0.25, -0.2) is 9.78 Å². The zero-order valence-corrected chi connectivity index (χ0v) is 16.2. The van der Waals surface area contributed by atoms with Crippen molar-refractivity contribution in [2.75, 3.05) is 6.54 Å². The van der Waals surface area contributed by atoms with Crippen molar-refractivity contribution in [3.8, 4) is 0 Å². The fourth-order valence-electron chi connectivity index (χ4n) is 2.79. The number of aryl methyl sites for hydroxylation is 1. The molecule has 0 fully saturated rings. The van der Waals surface area contributed by atoms with Crippen molar-refractivity contribution in [1.82, 2.24) is 24.0 Å². The molecule has 0 atom stereocenters. The lowest BCUT2D eigenvalue weighted by atomic mass is 10.1. The van der Waals surface area contributed by atoms with E-state index in [1.807, 2.05) is 6.07 Å². The third-order valence-corrected chi connectivity index (χ3v) is 4.85. The van der Waals surface area contributed by atoms with Gasteiger partial charge in [0.1, 0.15) is 6.54 Å². The SMILES string of the molecule is Cn1c(=O)c2c(ncn2CC(=O)NCCc2ccc(Cl)cc2Cl)n(C)c1=O. The topological polar surface area (TPSA) is 90.9 Å². The first-order valence-electron chi connectivity index (χ1n) is 8.11. The predicted molar refractivity (Wildman–Crippen MR) is 103 cm³/mol. The van der Waals surface area contributed by atoms with E-state index in [0.717, 1.165) is 10.1 Å².